The zero-order valence-corrected chi connectivity index (χ0v) is 11.2. The van der Waals surface area contributed by atoms with Crippen LogP contribution in [0.2, 0.25) is 0 Å². The quantitative estimate of drug-likeness (QED) is 0.605. The maximum atomic E-state index is 11.9. The van der Waals surface area contributed by atoms with Gasteiger partial charge in [-0.2, -0.15) is 0 Å². The number of carbonyl (C=O) groups is 1. The van der Waals surface area contributed by atoms with E-state index in [1.54, 1.807) is 11.3 Å². The van der Waals surface area contributed by atoms with Crippen LogP contribution in [0.3, 0.4) is 0 Å². The summed E-state index contributed by atoms with van der Waals surface area (Å²) in [7, 11) is 0. The van der Waals surface area contributed by atoms with E-state index in [4.69, 9.17) is 0 Å². The molecule has 0 spiro atoms. The van der Waals surface area contributed by atoms with E-state index >= 15 is 0 Å². The molecule has 1 aliphatic carbocycles. The van der Waals surface area contributed by atoms with Crippen LogP contribution in [0.15, 0.2) is 11.4 Å². The number of ketones is 1. The van der Waals surface area contributed by atoms with Crippen molar-refractivity contribution >= 4 is 39.7 Å². The molecular formula is C11H13IOS. The summed E-state index contributed by atoms with van der Waals surface area (Å²) in [4.78, 5) is 12.9. The number of rotatable bonds is 3. The predicted octanol–water partition coefficient (Wildman–Crippen LogP) is 4.12. The maximum Gasteiger partial charge on any atom is 0.174 e. The van der Waals surface area contributed by atoms with E-state index in [1.807, 2.05) is 11.4 Å². The Balaban J connectivity index is 2.06. The van der Waals surface area contributed by atoms with Gasteiger partial charge >= 0.3 is 0 Å². The Labute approximate surface area is 102 Å². The Hall–Kier alpha value is 0.100. The van der Waals surface area contributed by atoms with E-state index < -0.39 is 0 Å². The van der Waals surface area contributed by atoms with Gasteiger partial charge in [0.15, 0.2) is 5.78 Å². The average molecular weight is 320 g/mol. The Morgan fingerprint density at radius 3 is 2.79 bits per heavy atom. The highest BCUT2D eigenvalue weighted by atomic mass is 127. The lowest BCUT2D eigenvalue weighted by molar-refractivity contribution is 0.0819. The first-order valence-corrected chi connectivity index (χ1v) is 6.83. The molecule has 76 valence electrons. The molecule has 0 atom stereocenters. The molecule has 0 saturated heterocycles. The molecule has 0 unspecified atom stereocenters. The number of hydrogen-bond donors (Lipinski definition) is 0. The summed E-state index contributed by atoms with van der Waals surface area (Å²) >= 11 is 3.82. The summed E-state index contributed by atoms with van der Waals surface area (Å²) in [6.07, 6.45) is 4.48. The van der Waals surface area contributed by atoms with Gasteiger partial charge in [0.2, 0.25) is 0 Å². The van der Waals surface area contributed by atoms with Crippen molar-refractivity contribution in [3.63, 3.8) is 0 Å². The second kappa shape index (κ2) is 3.93. The van der Waals surface area contributed by atoms with Crippen molar-refractivity contribution in [3.8, 4) is 0 Å². The Morgan fingerprint density at radius 1 is 1.64 bits per heavy atom. The van der Waals surface area contributed by atoms with E-state index in [1.165, 1.54) is 19.3 Å². The largest absolute Gasteiger partial charge is 0.293 e. The molecule has 1 aromatic heterocycles. The number of thiophene rings is 1. The van der Waals surface area contributed by atoms with Crippen LogP contribution in [-0.2, 0) is 0 Å². The fraction of sp³-hybridized carbons (Fsp3) is 0.545. The van der Waals surface area contributed by atoms with E-state index in [0.717, 1.165) is 14.9 Å². The van der Waals surface area contributed by atoms with Gasteiger partial charge in [-0.15, -0.1) is 11.3 Å². The van der Waals surface area contributed by atoms with Crippen LogP contribution in [-0.4, -0.2) is 5.78 Å². The highest BCUT2D eigenvalue weighted by molar-refractivity contribution is 14.1. The summed E-state index contributed by atoms with van der Waals surface area (Å²) in [6, 6.07) is 2.02. The van der Waals surface area contributed by atoms with Gasteiger partial charge in [0.25, 0.3) is 0 Å². The third kappa shape index (κ3) is 2.03. The summed E-state index contributed by atoms with van der Waals surface area (Å²) < 4.78 is 1.11. The highest BCUT2D eigenvalue weighted by Crippen LogP contribution is 2.44. The molecule has 0 aliphatic heterocycles. The zero-order valence-electron chi connectivity index (χ0n) is 8.18. The van der Waals surface area contributed by atoms with Crippen molar-refractivity contribution in [1.82, 2.24) is 0 Å². The van der Waals surface area contributed by atoms with Crippen molar-refractivity contribution in [2.75, 3.05) is 0 Å². The van der Waals surface area contributed by atoms with E-state index in [-0.39, 0.29) is 0 Å². The smallest absolute Gasteiger partial charge is 0.174 e. The topological polar surface area (TPSA) is 17.1 Å². The first-order chi connectivity index (χ1) is 6.61. The number of Topliss-reactive ketones (excluding diaryl/α,β-unsaturated/α-hetero) is 1. The Kier molecular flexibility index (Phi) is 2.98. The molecule has 1 aliphatic rings. The fourth-order valence-corrected chi connectivity index (χ4v) is 3.75. The van der Waals surface area contributed by atoms with Gasteiger partial charge in [-0.05, 0) is 52.3 Å². The lowest BCUT2D eigenvalue weighted by atomic mass is 9.67. The Morgan fingerprint density at radius 2 is 2.36 bits per heavy atom. The molecule has 0 bridgehead atoms. The van der Waals surface area contributed by atoms with Gasteiger partial charge in [-0.25, -0.2) is 0 Å². The molecular weight excluding hydrogens is 307 g/mol. The molecule has 0 radical (unpaired) electrons. The third-order valence-electron chi connectivity index (χ3n) is 3.02. The summed E-state index contributed by atoms with van der Waals surface area (Å²) in [5, 5.41) is 2.00. The molecule has 1 saturated carbocycles. The SMILES string of the molecule is CC1(CC(=O)c2sccc2I)CCC1. The molecule has 1 fully saturated rings. The van der Waals surface area contributed by atoms with E-state index in [9.17, 15) is 4.79 Å². The van der Waals surface area contributed by atoms with Crippen molar-refractivity contribution in [2.45, 2.75) is 32.6 Å². The van der Waals surface area contributed by atoms with Crippen molar-refractivity contribution in [2.24, 2.45) is 5.41 Å². The highest BCUT2D eigenvalue weighted by Gasteiger charge is 2.34. The van der Waals surface area contributed by atoms with Crippen LogP contribution >= 0.6 is 33.9 Å². The zero-order chi connectivity index (χ0) is 10.2. The van der Waals surface area contributed by atoms with Gasteiger partial charge in [0.05, 0.1) is 4.88 Å². The van der Waals surface area contributed by atoms with Gasteiger partial charge in [0, 0.05) is 9.99 Å². The van der Waals surface area contributed by atoms with Crippen LogP contribution in [0.5, 0.6) is 0 Å². The minimum Gasteiger partial charge on any atom is -0.293 e. The molecule has 0 amide bonds. The van der Waals surface area contributed by atoms with Crippen LogP contribution in [0.4, 0.5) is 0 Å². The average Bonchev–Trinajstić information content (AvgIpc) is 2.48. The second-order valence-electron chi connectivity index (χ2n) is 4.36. The van der Waals surface area contributed by atoms with Crippen LogP contribution in [0.25, 0.3) is 0 Å². The standard InChI is InChI=1S/C11H13IOS/c1-11(4-2-5-11)7-9(13)10-8(12)3-6-14-10/h3,6H,2,4-5,7H2,1H3. The van der Waals surface area contributed by atoms with Gasteiger partial charge in [-0.3, -0.25) is 4.79 Å². The summed E-state index contributed by atoms with van der Waals surface area (Å²) in [6.45, 7) is 2.23. The third-order valence-corrected chi connectivity index (χ3v) is 5.24. The van der Waals surface area contributed by atoms with Crippen molar-refractivity contribution in [1.29, 1.82) is 0 Å². The normalized spacial score (nSPS) is 19.0. The van der Waals surface area contributed by atoms with Crippen LogP contribution < -0.4 is 0 Å². The predicted molar refractivity (Wildman–Crippen MR) is 67.9 cm³/mol. The maximum absolute atomic E-state index is 11.9. The van der Waals surface area contributed by atoms with Gasteiger partial charge < -0.3 is 0 Å². The van der Waals surface area contributed by atoms with E-state index in [0.29, 0.717) is 11.2 Å². The molecule has 0 aromatic carbocycles. The molecule has 1 nitrogen and oxygen atoms in total. The minimum atomic E-state index is 0.310. The molecule has 0 N–H and O–H groups in total. The van der Waals surface area contributed by atoms with Gasteiger partial charge in [-0.1, -0.05) is 13.3 Å². The second-order valence-corrected chi connectivity index (χ2v) is 6.44. The Bertz CT molecular complexity index is 352. The molecule has 3 heteroatoms. The minimum absolute atomic E-state index is 0.310. The first kappa shape index (κ1) is 10.6. The molecule has 14 heavy (non-hydrogen) atoms. The van der Waals surface area contributed by atoms with E-state index in [2.05, 4.69) is 29.5 Å². The summed E-state index contributed by atoms with van der Waals surface area (Å²) in [5.74, 6) is 0.339. The summed E-state index contributed by atoms with van der Waals surface area (Å²) in [5.41, 5.74) is 0.310. The number of carbonyl (C=O) groups excluding carboxylic acids is 1. The fourth-order valence-electron chi connectivity index (χ4n) is 1.92. The monoisotopic (exact) mass is 320 g/mol. The van der Waals surface area contributed by atoms with Crippen LogP contribution in [0.1, 0.15) is 42.3 Å². The van der Waals surface area contributed by atoms with Crippen LogP contribution in [0, 0.1) is 8.99 Å². The lowest BCUT2D eigenvalue weighted by Gasteiger charge is -2.37. The number of halogens is 1. The van der Waals surface area contributed by atoms with Crippen molar-refractivity contribution in [3.05, 3.63) is 19.9 Å². The molecule has 1 aromatic rings. The lowest BCUT2D eigenvalue weighted by Crippen LogP contribution is -2.28. The molecule has 2 rings (SSSR count). The van der Waals surface area contributed by atoms with Crippen molar-refractivity contribution < 1.29 is 4.79 Å². The number of hydrogen-bond acceptors (Lipinski definition) is 2. The van der Waals surface area contributed by atoms with Gasteiger partial charge in [0.1, 0.15) is 0 Å². The first-order valence-electron chi connectivity index (χ1n) is 4.87. The molecule has 1 heterocycles.